The number of nitrogens with zero attached hydrogens (tertiary/aromatic N) is 3. The average Bonchev–Trinajstić information content (AvgIpc) is 3.03. The van der Waals surface area contributed by atoms with Crippen LogP contribution in [0.25, 0.3) is 0 Å². The number of aryl methyl sites for hydroxylation is 2. The van der Waals surface area contributed by atoms with Crippen molar-refractivity contribution in [2.24, 2.45) is 10.9 Å². The quantitative estimate of drug-likeness (QED) is 0.347. The van der Waals surface area contributed by atoms with Gasteiger partial charge in [-0.3, -0.25) is 4.99 Å². The van der Waals surface area contributed by atoms with Crippen LogP contribution in [0.2, 0.25) is 0 Å². The van der Waals surface area contributed by atoms with Crippen LogP contribution in [0.1, 0.15) is 63.5 Å². The third-order valence-electron chi connectivity index (χ3n) is 5.86. The molecule has 0 aliphatic heterocycles. The lowest BCUT2D eigenvalue weighted by molar-refractivity contribution is 0.0795. The highest BCUT2D eigenvalue weighted by atomic mass is 127. The Hall–Kier alpha value is -0.830. The van der Waals surface area contributed by atoms with Gasteiger partial charge in [0.25, 0.3) is 0 Å². The third kappa shape index (κ3) is 6.07. The molecule has 0 saturated heterocycles. The number of hydrogen-bond donors (Lipinski definition) is 2. The summed E-state index contributed by atoms with van der Waals surface area (Å²) in [6.07, 6.45) is 6.85. The van der Waals surface area contributed by atoms with Crippen molar-refractivity contribution in [3.63, 3.8) is 0 Å². The lowest BCUT2D eigenvalue weighted by atomic mass is 9.75. The first kappa shape index (κ1) is 24.2. The van der Waals surface area contributed by atoms with Gasteiger partial charge in [-0.2, -0.15) is 0 Å². The zero-order chi connectivity index (χ0) is 19.2. The van der Waals surface area contributed by atoms with Crippen LogP contribution >= 0.6 is 24.0 Å². The van der Waals surface area contributed by atoms with Gasteiger partial charge in [0.15, 0.2) is 5.96 Å². The van der Waals surface area contributed by atoms with Gasteiger partial charge in [-0.05, 0) is 39.3 Å². The van der Waals surface area contributed by atoms with Gasteiger partial charge in [0.2, 0.25) is 0 Å². The van der Waals surface area contributed by atoms with E-state index in [-0.39, 0.29) is 29.5 Å². The van der Waals surface area contributed by atoms with Gasteiger partial charge in [0.05, 0.1) is 5.69 Å². The van der Waals surface area contributed by atoms with E-state index in [1.807, 2.05) is 7.05 Å². The SMILES string of the molecule is CCc1noc(CC)c1CNC(=NC)NCC1(N(C)C)CCCC(C)C1.I. The molecule has 0 aromatic carbocycles. The molecule has 1 aromatic heterocycles. The number of nitrogens with one attached hydrogen (secondary N) is 2. The second-order valence-corrected chi connectivity index (χ2v) is 7.84. The van der Waals surface area contributed by atoms with Crippen molar-refractivity contribution in [3.05, 3.63) is 17.0 Å². The molecule has 1 fully saturated rings. The molecule has 6 nitrogen and oxygen atoms in total. The minimum atomic E-state index is 0. The van der Waals surface area contributed by atoms with Crippen molar-refractivity contribution < 1.29 is 4.52 Å². The van der Waals surface area contributed by atoms with E-state index in [2.05, 4.69) is 60.5 Å². The Balaban J connectivity index is 0.00000364. The maximum Gasteiger partial charge on any atom is 0.191 e. The molecule has 1 heterocycles. The average molecular weight is 491 g/mol. The van der Waals surface area contributed by atoms with E-state index in [0.29, 0.717) is 6.54 Å². The highest BCUT2D eigenvalue weighted by Gasteiger charge is 2.36. The van der Waals surface area contributed by atoms with E-state index in [1.54, 1.807) is 0 Å². The highest BCUT2D eigenvalue weighted by Crippen LogP contribution is 2.35. The standard InChI is InChI=1S/C20H37N5O.HI/c1-7-17-16(18(8-2)26-24-17)13-22-19(21-4)23-14-20(25(5)6)11-9-10-15(3)12-20;/h15H,7-14H2,1-6H3,(H2,21,22,23);1H. The predicted molar refractivity (Wildman–Crippen MR) is 123 cm³/mol. The number of guanidine groups is 1. The number of hydrogen-bond acceptors (Lipinski definition) is 4. The highest BCUT2D eigenvalue weighted by molar-refractivity contribution is 14.0. The first-order chi connectivity index (χ1) is 12.5. The molecule has 1 aliphatic carbocycles. The second-order valence-electron chi connectivity index (χ2n) is 7.84. The molecule has 156 valence electrons. The summed E-state index contributed by atoms with van der Waals surface area (Å²) in [5.41, 5.74) is 2.41. The zero-order valence-electron chi connectivity index (χ0n) is 17.9. The van der Waals surface area contributed by atoms with Gasteiger partial charge >= 0.3 is 0 Å². The summed E-state index contributed by atoms with van der Waals surface area (Å²) in [4.78, 5) is 6.81. The molecular weight excluding hydrogens is 453 g/mol. The maximum atomic E-state index is 5.46. The smallest absolute Gasteiger partial charge is 0.191 e. The lowest BCUT2D eigenvalue weighted by Crippen LogP contribution is -2.56. The number of halogens is 1. The minimum absolute atomic E-state index is 0. The van der Waals surface area contributed by atoms with Crippen LogP contribution in [0.5, 0.6) is 0 Å². The monoisotopic (exact) mass is 491 g/mol. The van der Waals surface area contributed by atoms with E-state index >= 15 is 0 Å². The number of rotatable bonds is 7. The zero-order valence-corrected chi connectivity index (χ0v) is 20.2. The number of aromatic nitrogens is 1. The summed E-state index contributed by atoms with van der Waals surface area (Å²) in [5.74, 6) is 2.59. The van der Waals surface area contributed by atoms with E-state index in [1.165, 1.54) is 31.2 Å². The molecule has 7 heteroatoms. The summed E-state index contributed by atoms with van der Waals surface area (Å²) in [6.45, 7) is 8.19. The molecule has 2 N–H and O–H groups in total. The molecule has 27 heavy (non-hydrogen) atoms. The van der Waals surface area contributed by atoms with Crippen LogP contribution in [-0.4, -0.2) is 49.2 Å². The van der Waals surface area contributed by atoms with E-state index in [4.69, 9.17) is 4.52 Å². The Labute approximate surface area is 181 Å². The van der Waals surface area contributed by atoms with Gasteiger partial charge in [-0.1, -0.05) is 38.8 Å². The third-order valence-corrected chi connectivity index (χ3v) is 5.86. The molecule has 1 saturated carbocycles. The van der Waals surface area contributed by atoms with Crippen molar-refractivity contribution in [2.45, 2.75) is 71.4 Å². The van der Waals surface area contributed by atoms with Gasteiger partial charge in [0.1, 0.15) is 5.76 Å². The summed E-state index contributed by atoms with van der Waals surface area (Å²) in [7, 11) is 6.23. The van der Waals surface area contributed by atoms with Crippen LogP contribution < -0.4 is 10.6 Å². The first-order valence-corrected chi connectivity index (χ1v) is 10.0. The Morgan fingerprint density at radius 1 is 1.30 bits per heavy atom. The van der Waals surface area contributed by atoms with Crippen molar-refractivity contribution in [2.75, 3.05) is 27.7 Å². The number of likely N-dealkylation sites (N-methyl/N-ethyl adjacent to an activating group) is 1. The predicted octanol–water partition coefficient (Wildman–Crippen LogP) is 3.59. The molecule has 0 radical (unpaired) electrons. The molecule has 0 bridgehead atoms. The molecule has 1 aliphatic rings. The van der Waals surface area contributed by atoms with Crippen molar-refractivity contribution in [3.8, 4) is 0 Å². The summed E-state index contributed by atoms with van der Waals surface area (Å²) >= 11 is 0. The molecule has 2 unspecified atom stereocenters. The molecule has 0 spiro atoms. The maximum absolute atomic E-state index is 5.46. The van der Waals surface area contributed by atoms with E-state index in [0.717, 1.165) is 42.7 Å². The van der Waals surface area contributed by atoms with Gasteiger partial charge < -0.3 is 20.1 Å². The Bertz CT molecular complexity index is 580. The Kier molecular flexibility index (Phi) is 10.1. The van der Waals surface area contributed by atoms with Crippen LogP contribution in [0.4, 0.5) is 0 Å². The summed E-state index contributed by atoms with van der Waals surface area (Å²) in [6, 6.07) is 0. The van der Waals surface area contributed by atoms with E-state index < -0.39 is 0 Å². The first-order valence-electron chi connectivity index (χ1n) is 10.0. The second kappa shape index (κ2) is 11.2. The molecule has 0 amide bonds. The van der Waals surface area contributed by atoms with Gasteiger partial charge in [-0.15, -0.1) is 24.0 Å². The fraction of sp³-hybridized carbons (Fsp3) is 0.800. The summed E-state index contributed by atoms with van der Waals surface area (Å²) < 4.78 is 5.46. The van der Waals surface area contributed by atoms with Crippen LogP contribution in [-0.2, 0) is 19.4 Å². The minimum Gasteiger partial charge on any atom is -0.361 e. The molecule has 1 aromatic rings. The van der Waals surface area contributed by atoms with Crippen molar-refractivity contribution in [1.29, 1.82) is 0 Å². The van der Waals surface area contributed by atoms with Crippen molar-refractivity contribution >= 4 is 29.9 Å². The fourth-order valence-electron chi connectivity index (χ4n) is 4.14. The fourth-order valence-corrected chi connectivity index (χ4v) is 4.14. The molecular formula is C20H38IN5O. The van der Waals surface area contributed by atoms with Gasteiger partial charge in [0, 0.05) is 37.7 Å². The largest absolute Gasteiger partial charge is 0.361 e. The van der Waals surface area contributed by atoms with Crippen LogP contribution in [0.3, 0.4) is 0 Å². The molecule has 2 atom stereocenters. The van der Waals surface area contributed by atoms with E-state index in [9.17, 15) is 0 Å². The Morgan fingerprint density at radius 3 is 2.59 bits per heavy atom. The van der Waals surface area contributed by atoms with Crippen LogP contribution in [0.15, 0.2) is 9.52 Å². The van der Waals surface area contributed by atoms with Crippen molar-refractivity contribution in [1.82, 2.24) is 20.7 Å². The van der Waals surface area contributed by atoms with Gasteiger partial charge in [-0.25, -0.2) is 0 Å². The number of aliphatic imine (C=N–C) groups is 1. The normalized spacial score (nSPS) is 23.2. The van der Waals surface area contributed by atoms with Crippen LogP contribution in [0, 0.1) is 5.92 Å². The Morgan fingerprint density at radius 2 is 2.04 bits per heavy atom. The molecule has 2 rings (SSSR count). The lowest BCUT2D eigenvalue weighted by Gasteiger charge is -2.45. The topological polar surface area (TPSA) is 65.7 Å². The summed E-state index contributed by atoms with van der Waals surface area (Å²) in [5, 5.41) is 11.2.